The number of fused-ring (bicyclic) bond motifs is 1. The van der Waals surface area contributed by atoms with Crippen LogP contribution < -0.4 is 14.8 Å². The van der Waals surface area contributed by atoms with Crippen molar-refractivity contribution in [3.8, 4) is 22.8 Å². The molecule has 0 aliphatic carbocycles. The molecule has 0 radical (unpaired) electrons. The number of aromatic nitrogens is 4. The van der Waals surface area contributed by atoms with Gasteiger partial charge in [-0.3, -0.25) is 14.6 Å². The number of hydrogen-bond donors (Lipinski definition) is 2. The summed E-state index contributed by atoms with van der Waals surface area (Å²) in [6.45, 7) is 3.31. The fourth-order valence-electron chi connectivity index (χ4n) is 2.74. The number of hydrogen-bond acceptors (Lipinski definition) is 5. The number of carbonyl (C=O) groups excluding carboxylic acids is 1. The third-order valence-corrected chi connectivity index (χ3v) is 4.77. The summed E-state index contributed by atoms with van der Waals surface area (Å²) in [5.74, 6) is 1.15. The molecule has 0 unspecified atom stereocenters. The molecule has 4 rings (SSSR count). The van der Waals surface area contributed by atoms with E-state index in [2.05, 4.69) is 36.5 Å². The van der Waals surface area contributed by atoms with Crippen molar-refractivity contribution in [3.63, 3.8) is 0 Å². The number of amides is 1. The Morgan fingerprint density at radius 2 is 2.19 bits per heavy atom. The van der Waals surface area contributed by atoms with Gasteiger partial charge in [-0.25, -0.2) is 0 Å². The van der Waals surface area contributed by atoms with Gasteiger partial charge in [0, 0.05) is 12.1 Å². The number of aryl methyl sites for hydroxylation is 1. The van der Waals surface area contributed by atoms with Crippen LogP contribution >= 0.6 is 15.9 Å². The molecule has 1 amide bonds. The van der Waals surface area contributed by atoms with Gasteiger partial charge in [-0.2, -0.15) is 10.2 Å². The van der Waals surface area contributed by atoms with Crippen LogP contribution in [0.15, 0.2) is 34.9 Å². The summed E-state index contributed by atoms with van der Waals surface area (Å²) < 4.78 is 13.4. The maximum atomic E-state index is 12.4. The molecule has 134 valence electrons. The van der Waals surface area contributed by atoms with Crippen molar-refractivity contribution in [2.75, 3.05) is 6.79 Å². The van der Waals surface area contributed by atoms with Crippen molar-refractivity contribution in [2.45, 2.75) is 20.0 Å². The van der Waals surface area contributed by atoms with Gasteiger partial charge in [0.05, 0.1) is 28.6 Å². The first-order valence-electron chi connectivity index (χ1n) is 8.09. The van der Waals surface area contributed by atoms with E-state index in [1.54, 1.807) is 12.3 Å². The zero-order valence-corrected chi connectivity index (χ0v) is 15.5. The van der Waals surface area contributed by atoms with Gasteiger partial charge in [-0.05, 0) is 47.1 Å². The molecule has 0 spiro atoms. The second-order valence-electron chi connectivity index (χ2n) is 5.67. The number of nitrogens with one attached hydrogen (secondary N) is 2. The first-order valence-corrected chi connectivity index (χ1v) is 8.89. The smallest absolute Gasteiger partial charge is 0.269 e. The van der Waals surface area contributed by atoms with Crippen molar-refractivity contribution < 1.29 is 14.3 Å². The summed E-state index contributed by atoms with van der Waals surface area (Å²) in [6.07, 6.45) is 1.72. The van der Waals surface area contributed by atoms with E-state index in [1.165, 1.54) is 0 Å². The largest absolute Gasteiger partial charge is 0.454 e. The number of halogens is 1. The molecule has 3 aromatic rings. The molecule has 0 fully saturated rings. The Morgan fingerprint density at radius 1 is 1.35 bits per heavy atom. The van der Waals surface area contributed by atoms with Gasteiger partial charge < -0.3 is 14.8 Å². The average Bonchev–Trinajstić information content (AvgIpc) is 3.38. The number of nitrogens with zero attached hydrogens (tertiary/aromatic N) is 3. The van der Waals surface area contributed by atoms with E-state index in [0.717, 1.165) is 22.3 Å². The monoisotopic (exact) mass is 417 g/mol. The topological polar surface area (TPSA) is 94.1 Å². The van der Waals surface area contributed by atoms with Crippen LogP contribution in [0.1, 0.15) is 23.1 Å². The second kappa shape index (κ2) is 6.83. The highest BCUT2D eigenvalue weighted by molar-refractivity contribution is 9.10. The molecule has 2 aromatic heterocycles. The Bertz CT molecular complexity index is 965. The predicted octanol–water partition coefficient (Wildman–Crippen LogP) is 2.71. The van der Waals surface area contributed by atoms with E-state index in [1.807, 2.05) is 29.8 Å². The Hall–Kier alpha value is -2.81. The molecule has 2 N–H and O–H groups in total. The van der Waals surface area contributed by atoms with E-state index in [9.17, 15) is 4.79 Å². The lowest BCUT2D eigenvalue weighted by atomic mass is 10.1. The van der Waals surface area contributed by atoms with Crippen molar-refractivity contribution >= 4 is 21.8 Å². The Kier molecular flexibility index (Phi) is 4.37. The standard InChI is InChI=1S/C17H16BrN5O3/c1-2-23-14(11(18)7-20-23)8-19-17(24)13-6-12(21-22-13)10-3-4-15-16(5-10)26-9-25-15/h3-7H,2,8-9H2,1H3,(H,19,24)(H,21,22). The van der Waals surface area contributed by atoms with Crippen molar-refractivity contribution in [1.29, 1.82) is 0 Å². The lowest BCUT2D eigenvalue weighted by Gasteiger charge is -2.06. The maximum Gasteiger partial charge on any atom is 0.269 e. The molecule has 1 aliphatic heterocycles. The number of H-pyrrole nitrogens is 1. The van der Waals surface area contributed by atoms with Crippen LogP contribution in [0.2, 0.25) is 0 Å². The fourth-order valence-corrected chi connectivity index (χ4v) is 3.17. The molecule has 0 saturated heterocycles. The summed E-state index contributed by atoms with van der Waals surface area (Å²) >= 11 is 3.45. The summed E-state index contributed by atoms with van der Waals surface area (Å²) in [5, 5.41) is 14.1. The van der Waals surface area contributed by atoms with Gasteiger partial charge >= 0.3 is 0 Å². The lowest BCUT2D eigenvalue weighted by Crippen LogP contribution is -2.25. The van der Waals surface area contributed by atoms with Gasteiger partial charge in [0.15, 0.2) is 11.5 Å². The Labute approximate surface area is 157 Å². The number of benzene rings is 1. The maximum absolute atomic E-state index is 12.4. The van der Waals surface area contributed by atoms with E-state index in [-0.39, 0.29) is 12.7 Å². The van der Waals surface area contributed by atoms with Gasteiger partial charge in [0.25, 0.3) is 5.91 Å². The Morgan fingerprint density at radius 3 is 3.04 bits per heavy atom. The predicted molar refractivity (Wildman–Crippen MR) is 96.9 cm³/mol. The average molecular weight is 418 g/mol. The minimum absolute atomic E-state index is 0.219. The van der Waals surface area contributed by atoms with E-state index < -0.39 is 0 Å². The molecular formula is C17H16BrN5O3. The normalized spacial score (nSPS) is 12.4. The summed E-state index contributed by atoms with van der Waals surface area (Å²) in [7, 11) is 0. The van der Waals surface area contributed by atoms with Gasteiger partial charge in [-0.1, -0.05) is 0 Å². The zero-order valence-electron chi connectivity index (χ0n) is 14.0. The first-order chi connectivity index (χ1) is 12.7. The third-order valence-electron chi connectivity index (χ3n) is 4.10. The highest BCUT2D eigenvalue weighted by Crippen LogP contribution is 2.35. The highest BCUT2D eigenvalue weighted by atomic mass is 79.9. The van der Waals surface area contributed by atoms with Crippen molar-refractivity contribution in [3.05, 3.63) is 46.3 Å². The number of carbonyl (C=O) groups is 1. The number of rotatable bonds is 5. The van der Waals surface area contributed by atoms with Gasteiger partial charge in [-0.15, -0.1) is 0 Å². The zero-order chi connectivity index (χ0) is 18.1. The number of aromatic amines is 1. The van der Waals surface area contributed by atoms with Gasteiger partial charge in [0.2, 0.25) is 6.79 Å². The molecule has 1 aliphatic rings. The van der Waals surface area contributed by atoms with Gasteiger partial charge in [0.1, 0.15) is 5.69 Å². The van der Waals surface area contributed by atoms with Crippen LogP contribution in [0.25, 0.3) is 11.3 Å². The molecule has 3 heterocycles. The quantitative estimate of drug-likeness (QED) is 0.665. The molecule has 0 atom stereocenters. The number of ether oxygens (including phenoxy) is 2. The van der Waals surface area contributed by atoms with Crippen LogP contribution in [-0.4, -0.2) is 32.7 Å². The van der Waals surface area contributed by atoms with E-state index in [0.29, 0.717) is 29.4 Å². The van der Waals surface area contributed by atoms with Crippen LogP contribution in [0.3, 0.4) is 0 Å². The second-order valence-corrected chi connectivity index (χ2v) is 6.53. The lowest BCUT2D eigenvalue weighted by molar-refractivity contribution is 0.0945. The summed E-state index contributed by atoms with van der Waals surface area (Å²) in [4.78, 5) is 12.4. The van der Waals surface area contributed by atoms with E-state index in [4.69, 9.17) is 9.47 Å². The molecule has 0 saturated carbocycles. The SMILES string of the molecule is CCn1ncc(Br)c1CNC(=O)c1cc(-c2ccc3c(c2)OCO3)n[nH]1. The summed E-state index contributed by atoms with van der Waals surface area (Å²) in [5.41, 5.74) is 2.80. The fraction of sp³-hybridized carbons (Fsp3) is 0.235. The first kappa shape index (κ1) is 16.6. The third kappa shape index (κ3) is 3.05. The minimum atomic E-state index is -0.236. The summed E-state index contributed by atoms with van der Waals surface area (Å²) in [6, 6.07) is 7.26. The van der Waals surface area contributed by atoms with Crippen LogP contribution in [0, 0.1) is 0 Å². The molecular weight excluding hydrogens is 402 g/mol. The highest BCUT2D eigenvalue weighted by Gasteiger charge is 2.17. The van der Waals surface area contributed by atoms with Crippen LogP contribution in [0.4, 0.5) is 0 Å². The van der Waals surface area contributed by atoms with E-state index >= 15 is 0 Å². The van der Waals surface area contributed by atoms with Crippen LogP contribution in [0.5, 0.6) is 11.5 Å². The Balaban J connectivity index is 1.47. The molecule has 1 aromatic carbocycles. The minimum Gasteiger partial charge on any atom is -0.454 e. The van der Waals surface area contributed by atoms with Crippen molar-refractivity contribution in [2.24, 2.45) is 0 Å². The molecule has 26 heavy (non-hydrogen) atoms. The molecule has 8 nitrogen and oxygen atoms in total. The van der Waals surface area contributed by atoms with Crippen molar-refractivity contribution in [1.82, 2.24) is 25.3 Å². The molecule has 9 heteroatoms. The molecule has 0 bridgehead atoms. The van der Waals surface area contributed by atoms with Crippen LogP contribution in [-0.2, 0) is 13.1 Å².